The number of nitrogens with one attached hydrogen (secondary N) is 2. The van der Waals surface area contributed by atoms with Crippen LogP contribution in [0.3, 0.4) is 0 Å². The van der Waals surface area contributed by atoms with Gasteiger partial charge in [0, 0.05) is 10.7 Å². The van der Waals surface area contributed by atoms with E-state index in [1.54, 1.807) is 6.33 Å². The van der Waals surface area contributed by atoms with Crippen molar-refractivity contribution in [1.29, 1.82) is 0 Å². The third-order valence-electron chi connectivity index (χ3n) is 4.13. The van der Waals surface area contributed by atoms with Gasteiger partial charge in [-0.2, -0.15) is 0 Å². The molecule has 4 rings (SSSR count). The molecule has 0 atom stereocenters. The van der Waals surface area contributed by atoms with E-state index >= 15 is 0 Å². The third-order valence-corrected chi connectivity index (χ3v) is 4.36. The van der Waals surface area contributed by atoms with Crippen molar-refractivity contribution in [2.24, 2.45) is 7.05 Å². The van der Waals surface area contributed by atoms with E-state index in [1.165, 1.54) is 0 Å². The Kier molecular flexibility index (Phi) is 3.99. The number of H-pyrrole nitrogens is 1. The first-order valence-corrected chi connectivity index (χ1v) is 8.32. The van der Waals surface area contributed by atoms with Crippen LogP contribution in [0.4, 0.5) is 11.4 Å². The number of fused-ring (bicyclic) bond motifs is 2. The maximum atomic E-state index is 9.29. The minimum Gasteiger partial charge on any atom is -0.396 e. The Balaban J connectivity index is 1.97. The number of benzene rings is 2. The molecular weight excluding hydrogens is 338 g/mol. The van der Waals surface area contributed by atoms with Crippen LogP contribution in [0.15, 0.2) is 42.9 Å². The van der Waals surface area contributed by atoms with E-state index in [2.05, 4.69) is 15.3 Å². The third kappa shape index (κ3) is 2.90. The van der Waals surface area contributed by atoms with Gasteiger partial charge in [-0.3, -0.25) is 0 Å². The van der Waals surface area contributed by atoms with Crippen LogP contribution < -0.4 is 9.88 Å². The van der Waals surface area contributed by atoms with Crippen LogP contribution in [-0.2, 0) is 13.5 Å². The minimum absolute atomic E-state index is 0.0497. The molecule has 2 aromatic heterocycles. The molecule has 0 saturated carbocycles. The van der Waals surface area contributed by atoms with Crippen LogP contribution in [0, 0.1) is 0 Å². The Morgan fingerprint density at radius 3 is 2.96 bits per heavy atom. The van der Waals surface area contributed by atoms with Crippen LogP contribution in [0.25, 0.3) is 21.9 Å². The summed E-state index contributed by atoms with van der Waals surface area (Å²) in [7, 11) is 1.93. The molecule has 2 aromatic carbocycles. The molecule has 0 spiro atoms. The number of aliphatic hydroxyl groups excluding tert-OH is 1. The SMILES string of the molecule is C[n+]1cc2cc3[nH]cnc3c(Nc3cccc(Cl)c3)c2nc1CCO. The number of hydrogen-bond donors (Lipinski definition) is 3. The second-order valence-electron chi connectivity index (χ2n) is 5.87. The number of aliphatic hydroxyl groups is 1. The molecule has 6 nitrogen and oxygen atoms in total. The van der Waals surface area contributed by atoms with E-state index in [9.17, 15) is 5.11 Å². The number of halogens is 1. The zero-order valence-corrected chi connectivity index (χ0v) is 14.4. The molecule has 0 amide bonds. The second kappa shape index (κ2) is 6.31. The van der Waals surface area contributed by atoms with Crippen molar-refractivity contribution >= 4 is 44.9 Å². The molecule has 25 heavy (non-hydrogen) atoms. The minimum atomic E-state index is 0.0497. The van der Waals surface area contributed by atoms with E-state index < -0.39 is 0 Å². The molecule has 126 valence electrons. The summed E-state index contributed by atoms with van der Waals surface area (Å²) in [6.45, 7) is 0.0497. The average Bonchev–Trinajstić information content (AvgIpc) is 3.04. The van der Waals surface area contributed by atoms with Gasteiger partial charge in [-0.15, -0.1) is 0 Å². The van der Waals surface area contributed by atoms with Crippen molar-refractivity contribution in [2.75, 3.05) is 11.9 Å². The van der Waals surface area contributed by atoms with Gasteiger partial charge in [0.2, 0.25) is 5.52 Å². The Labute approximate surface area is 149 Å². The maximum Gasteiger partial charge on any atom is 0.301 e. The monoisotopic (exact) mass is 354 g/mol. The summed E-state index contributed by atoms with van der Waals surface area (Å²) in [6.07, 6.45) is 4.17. The summed E-state index contributed by atoms with van der Waals surface area (Å²) in [4.78, 5) is 12.4. The summed E-state index contributed by atoms with van der Waals surface area (Å²) < 4.78 is 1.93. The molecule has 3 N–H and O–H groups in total. The standard InChI is InChI=1S/C18H16ClN5O/c1-24-9-11-7-14-17(21-10-20-14)18(16(11)23-15(24)5-6-25)22-13-4-2-3-12(19)8-13/h2-4,7-10,22,25H,5-6H2,1H3/p+1. The van der Waals surface area contributed by atoms with Crippen LogP contribution in [0.2, 0.25) is 5.02 Å². The lowest BCUT2D eigenvalue weighted by molar-refractivity contribution is -0.681. The molecule has 2 heterocycles. The molecule has 0 fully saturated rings. The van der Waals surface area contributed by atoms with Crippen molar-refractivity contribution in [3.05, 3.63) is 53.7 Å². The van der Waals surface area contributed by atoms with Crippen LogP contribution in [0.1, 0.15) is 5.82 Å². The Morgan fingerprint density at radius 1 is 1.28 bits per heavy atom. The van der Waals surface area contributed by atoms with Crippen molar-refractivity contribution in [3.8, 4) is 0 Å². The lowest BCUT2D eigenvalue weighted by atomic mass is 10.1. The summed E-state index contributed by atoms with van der Waals surface area (Å²) in [5, 5.41) is 14.3. The molecule has 0 bridgehead atoms. The van der Waals surface area contributed by atoms with Crippen molar-refractivity contribution in [2.45, 2.75) is 6.42 Å². The van der Waals surface area contributed by atoms with E-state index in [-0.39, 0.29) is 6.61 Å². The summed E-state index contributed by atoms with van der Waals surface area (Å²) in [6, 6.07) is 9.55. The summed E-state index contributed by atoms with van der Waals surface area (Å²) in [5.41, 5.74) is 4.22. The van der Waals surface area contributed by atoms with Gasteiger partial charge in [0.05, 0.1) is 37.3 Å². The maximum absolute atomic E-state index is 9.29. The number of anilines is 2. The molecule has 0 aliphatic carbocycles. The van der Waals surface area contributed by atoms with Gasteiger partial charge in [0.15, 0.2) is 0 Å². The van der Waals surface area contributed by atoms with Crippen molar-refractivity contribution in [1.82, 2.24) is 15.0 Å². The largest absolute Gasteiger partial charge is 0.396 e. The number of aromatic amines is 1. The predicted molar refractivity (Wildman–Crippen MR) is 98.1 cm³/mol. The summed E-state index contributed by atoms with van der Waals surface area (Å²) >= 11 is 6.11. The number of hydrogen-bond acceptors (Lipinski definition) is 4. The molecule has 0 aliphatic rings. The molecular formula is C18H17ClN5O+. The molecule has 7 heteroatoms. The normalized spacial score (nSPS) is 11.3. The topological polar surface area (TPSA) is 77.7 Å². The average molecular weight is 355 g/mol. The fraction of sp³-hybridized carbons (Fsp3) is 0.167. The van der Waals surface area contributed by atoms with Crippen LogP contribution in [0.5, 0.6) is 0 Å². The highest BCUT2D eigenvalue weighted by molar-refractivity contribution is 6.30. The Morgan fingerprint density at radius 2 is 2.16 bits per heavy atom. The van der Waals surface area contributed by atoms with Gasteiger partial charge < -0.3 is 15.4 Å². The molecule has 0 radical (unpaired) electrons. The van der Waals surface area contributed by atoms with Gasteiger partial charge in [-0.25, -0.2) is 9.55 Å². The highest BCUT2D eigenvalue weighted by Gasteiger charge is 2.19. The van der Waals surface area contributed by atoms with E-state index in [0.717, 1.165) is 39.1 Å². The van der Waals surface area contributed by atoms with Gasteiger partial charge in [0.25, 0.3) is 0 Å². The first-order valence-electron chi connectivity index (χ1n) is 7.94. The fourth-order valence-corrected chi connectivity index (χ4v) is 3.16. The van der Waals surface area contributed by atoms with Gasteiger partial charge in [-0.1, -0.05) is 17.7 Å². The first kappa shape index (κ1) is 15.8. The number of nitrogens with zero attached hydrogens (tertiary/aromatic N) is 3. The predicted octanol–water partition coefficient (Wildman–Crippen LogP) is 2.87. The second-order valence-corrected chi connectivity index (χ2v) is 6.30. The lowest BCUT2D eigenvalue weighted by Gasteiger charge is -2.09. The Hall–Kier alpha value is -2.70. The highest BCUT2D eigenvalue weighted by Crippen LogP contribution is 2.32. The molecule has 4 aromatic rings. The number of imidazole rings is 1. The van der Waals surface area contributed by atoms with E-state index in [4.69, 9.17) is 16.6 Å². The van der Waals surface area contributed by atoms with Crippen LogP contribution in [-0.4, -0.2) is 26.7 Å². The van der Waals surface area contributed by atoms with Crippen molar-refractivity contribution < 1.29 is 9.67 Å². The molecule has 0 aliphatic heterocycles. The lowest BCUT2D eigenvalue weighted by Crippen LogP contribution is -2.35. The van der Waals surface area contributed by atoms with E-state index in [1.807, 2.05) is 48.1 Å². The molecule has 0 unspecified atom stereocenters. The van der Waals surface area contributed by atoms with Crippen molar-refractivity contribution in [3.63, 3.8) is 0 Å². The van der Waals surface area contributed by atoms with Gasteiger partial charge in [-0.05, 0) is 29.2 Å². The number of aromatic nitrogens is 4. The van der Waals surface area contributed by atoms with Gasteiger partial charge >= 0.3 is 5.82 Å². The van der Waals surface area contributed by atoms with E-state index in [0.29, 0.717) is 11.4 Å². The summed E-state index contributed by atoms with van der Waals surface area (Å²) in [5.74, 6) is 0.805. The quantitative estimate of drug-likeness (QED) is 0.492. The van der Waals surface area contributed by atoms with Crippen LogP contribution >= 0.6 is 11.6 Å². The van der Waals surface area contributed by atoms with Gasteiger partial charge in [0.1, 0.15) is 17.4 Å². The highest BCUT2D eigenvalue weighted by atomic mass is 35.5. The number of rotatable bonds is 4. The fourth-order valence-electron chi connectivity index (χ4n) is 2.97. The Bertz CT molecular complexity index is 1080. The smallest absolute Gasteiger partial charge is 0.301 e. The zero-order chi connectivity index (χ0) is 17.4. The molecule has 0 saturated heterocycles. The zero-order valence-electron chi connectivity index (χ0n) is 13.6. The number of aryl methyl sites for hydroxylation is 1. The first-order chi connectivity index (χ1) is 12.2.